The average Bonchev–Trinajstić information content (AvgIpc) is 2.93. The summed E-state index contributed by atoms with van der Waals surface area (Å²) in [5, 5.41) is 14.2. The van der Waals surface area contributed by atoms with Crippen LogP contribution in [0.3, 0.4) is 0 Å². The fraction of sp³-hybridized carbons (Fsp3) is 0.222. The molecular weight excluding hydrogens is 308 g/mol. The van der Waals surface area contributed by atoms with Crippen LogP contribution in [-0.4, -0.2) is 34.6 Å². The zero-order valence-corrected chi connectivity index (χ0v) is 13.3. The summed E-state index contributed by atoms with van der Waals surface area (Å²) in [5.41, 5.74) is 2.82. The molecule has 3 aromatic rings. The van der Waals surface area contributed by atoms with Crippen LogP contribution < -0.4 is 4.74 Å². The van der Waals surface area contributed by atoms with Crippen LogP contribution in [0.2, 0.25) is 0 Å². The largest absolute Gasteiger partial charge is 0.497 e. The van der Waals surface area contributed by atoms with Crippen molar-refractivity contribution in [3.63, 3.8) is 0 Å². The Bertz CT molecular complexity index is 840. The van der Waals surface area contributed by atoms with Crippen LogP contribution in [0.5, 0.6) is 5.75 Å². The molecule has 1 N–H and O–H groups in total. The number of ether oxygens (including phenoxy) is 2. The second-order valence-electron chi connectivity index (χ2n) is 5.36. The molecule has 0 fully saturated rings. The predicted molar refractivity (Wildman–Crippen MR) is 89.1 cm³/mol. The lowest BCUT2D eigenvalue weighted by Crippen LogP contribution is -2.07. The molecule has 0 aliphatic rings. The van der Waals surface area contributed by atoms with Gasteiger partial charge in [0.15, 0.2) is 0 Å². The van der Waals surface area contributed by atoms with Gasteiger partial charge in [0.1, 0.15) is 12.4 Å². The Labute approximate surface area is 139 Å². The second-order valence-corrected chi connectivity index (χ2v) is 5.36. The van der Waals surface area contributed by atoms with E-state index in [2.05, 4.69) is 5.10 Å². The van der Waals surface area contributed by atoms with E-state index in [0.29, 0.717) is 6.54 Å². The lowest BCUT2D eigenvalue weighted by atomic mass is 10.2. The molecule has 0 unspecified atom stereocenters. The fourth-order valence-corrected chi connectivity index (χ4v) is 2.56. The number of hydrogen-bond acceptors (Lipinski definition) is 4. The Balaban J connectivity index is 1.85. The van der Waals surface area contributed by atoms with Gasteiger partial charge in [-0.2, -0.15) is 5.10 Å². The molecule has 0 bridgehead atoms. The van der Waals surface area contributed by atoms with Crippen molar-refractivity contribution in [1.29, 1.82) is 0 Å². The molecule has 24 heavy (non-hydrogen) atoms. The number of methoxy groups -OCH3 is 1. The quantitative estimate of drug-likeness (QED) is 0.722. The number of hydrogen-bond donors (Lipinski definition) is 1. The molecule has 6 nitrogen and oxygen atoms in total. The Hall–Kier alpha value is -2.86. The van der Waals surface area contributed by atoms with Crippen molar-refractivity contribution in [1.82, 2.24) is 9.78 Å². The number of aliphatic carboxylic acids is 1. The first-order chi connectivity index (χ1) is 11.7. The summed E-state index contributed by atoms with van der Waals surface area (Å²) in [6.45, 7) is 0.450. The SMILES string of the molecule is COc1ccc(Cn2nc(COCC(=O)O)c3ccccc32)cc1. The molecular formula is C18H18N2O4. The Morgan fingerprint density at radius 3 is 2.62 bits per heavy atom. The maximum atomic E-state index is 10.6. The van der Waals surface area contributed by atoms with Crippen LogP contribution in [0.25, 0.3) is 10.9 Å². The molecule has 0 aliphatic heterocycles. The first-order valence-electron chi connectivity index (χ1n) is 7.54. The number of para-hydroxylation sites is 1. The van der Waals surface area contributed by atoms with Crippen LogP contribution in [0, 0.1) is 0 Å². The van der Waals surface area contributed by atoms with E-state index in [0.717, 1.165) is 27.9 Å². The fourth-order valence-electron chi connectivity index (χ4n) is 2.56. The van der Waals surface area contributed by atoms with Gasteiger partial charge >= 0.3 is 5.97 Å². The van der Waals surface area contributed by atoms with E-state index in [1.54, 1.807) is 7.11 Å². The Kier molecular flexibility index (Phi) is 4.77. The summed E-state index contributed by atoms with van der Waals surface area (Å²) in [6, 6.07) is 15.7. The minimum absolute atomic E-state index is 0.169. The highest BCUT2D eigenvalue weighted by Crippen LogP contribution is 2.21. The van der Waals surface area contributed by atoms with Crippen molar-refractivity contribution in [2.75, 3.05) is 13.7 Å². The number of aromatic nitrogens is 2. The van der Waals surface area contributed by atoms with Crippen LogP contribution in [0.1, 0.15) is 11.3 Å². The zero-order valence-electron chi connectivity index (χ0n) is 13.3. The van der Waals surface area contributed by atoms with Gasteiger partial charge in [-0.3, -0.25) is 4.68 Å². The van der Waals surface area contributed by atoms with Gasteiger partial charge in [0.25, 0.3) is 0 Å². The molecule has 3 rings (SSSR count). The Morgan fingerprint density at radius 1 is 1.17 bits per heavy atom. The van der Waals surface area contributed by atoms with Gasteiger partial charge in [-0.15, -0.1) is 0 Å². The number of fused-ring (bicyclic) bond motifs is 1. The highest BCUT2D eigenvalue weighted by Gasteiger charge is 2.11. The number of benzene rings is 2. The Morgan fingerprint density at radius 2 is 1.92 bits per heavy atom. The van der Waals surface area contributed by atoms with Gasteiger partial charge in [0.05, 0.1) is 31.5 Å². The monoisotopic (exact) mass is 326 g/mol. The maximum Gasteiger partial charge on any atom is 0.329 e. The van der Waals surface area contributed by atoms with Gasteiger partial charge in [0.2, 0.25) is 0 Å². The minimum atomic E-state index is -0.989. The lowest BCUT2D eigenvalue weighted by Gasteiger charge is -2.05. The van der Waals surface area contributed by atoms with Gasteiger partial charge < -0.3 is 14.6 Å². The molecule has 0 radical (unpaired) electrons. The number of carbonyl (C=O) groups is 1. The summed E-state index contributed by atoms with van der Waals surface area (Å²) in [6.07, 6.45) is 0. The van der Waals surface area contributed by atoms with E-state index < -0.39 is 5.97 Å². The van der Waals surface area contributed by atoms with Crippen molar-refractivity contribution in [2.45, 2.75) is 13.2 Å². The summed E-state index contributed by atoms with van der Waals surface area (Å²) >= 11 is 0. The zero-order chi connectivity index (χ0) is 16.9. The molecule has 1 heterocycles. The van der Waals surface area contributed by atoms with Crippen molar-refractivity contribution in [3.8, 4) is 5.75 Å². The standard InChI is InChI=1S/C18H18N2O4/c1-23-14-8-6-13(7-9-14)10-20-17-5-3-2-4-15(17)16(19-20)11-24-12-18(21)22/h2-9H,10-12H2,1H3,(H,21,22). The van der Waals surface area contributed by atoms with Gasteiger partial charge in [-0.1, -0.05) is 30.3 Å². The highest BCUT2D eigenvalue weighted by atomic mass is 16.5. The third-order valence-electron chi connectivity index (χ3n) is 3.69. The first-order valence-corrected chi connectivity index (χ1v) is 7.54. The molecule has 124 valence electrons. The van der Waals surface area contributed by atoms with Crippen molar-refractivity contribution < 1.29 is 19.4 Å². The molecule has 0 amide bonds. The topological polar surface area (TPSA) is 73.6 Å². The van der Waals surface area contributed by atoms with E-state index in [4.69, 9.17) is 14.6 Å². The number of rotatable bonds is 7. The molecule has 0 aliphatic carbocycles. The number of nitrogens with zero attached hydrogens (tertiary/aromatic N) is 2. The van der Waals surface area contributed by atoms with Crippen LogP contribution in [0.15, 0.2) is 48.5 Å². The van der Waals surface area contributed by atoms with Crippen LogP contribution >= 0.6 is 0 Å². The molecule has 0 saturated heterocycles. The van der Waals surface area contributed by atoms with Crippen molar-refractivity contribution in [2.24, 2.45) is 0 Å². The van der Waals surface area contributed by atoms with E-state index in [1.165, 1.54) is 0 Å². The molecule has 0 saturated carbocycles. The summed E-state index contributed by atoms with van der Waals surface area (Å²) in [7, 11) is 1.64. The lowest BCUT2D eigenvalue weighted by molar-refractivity contribution is -0.142. The predicted octanol–water partition coefficient (Wildman–Crippen LogP) is 2.69. The molecule has 2 aromatic carbocycles. The third kappa shape index (κ3) is 3.55. The van der Waals surface area contributed by atoms with Gasteiger partial charge in [-0.25, -0.2) is 4.79 Å². The summed E-state index contributed by atoms with van der Waals surface area (Å²) in [4.78, 5) is 10.6. The normalized spacial score (nSPS) is 10.9. The second kappa shape index (κ2) is 7.14. The summed E-state index contributed by atoms with van der Waals surface area (Å²) in [5.74, 6) is -0.177. The molecule has 6 heteroatoms. The third-order valence-corrected chi connectivity index (χ3v) is 3.69. The van der Waals surface area contributed by atoms with Crippen LogP contribution in [-0.2, 0) is 22.7 Å². The average molecular weight is 326 g/mol. The first kappa shape index (κ1) is 16.0. The van der Waals surface area contributed by atoms with E-state index >= 15 is 0 Å². The van der Waals surface area contributed by atoms with Gasteiger partial charge in [-0.05, 0) is 23.8 Å². The van der Waals surface area contributed by atoms with Crippen molar-refractivity contribution >= 4 is 16.9 Å². The van der Waals surface area contributed by atoms with Crippen molar-refractivity contribution in [3.05, 3.63) is 59.8 Å². The van der Waals surface area contributed by atoms with E-state index in [1.807, 2.05) is 53.2 Å². The minimum Gasteiger partial charge on any atom is -0.497 e. The highest BCUT2D eigenvalue weighted by molar-refractivity contribution is 5.82. The smallest absolute Gasteiger partial charge is 0.329 e. The summed E-state index contributed by atoms with van der Waals surface area (Å²) < 4.78 is 12.3. The number of carboxylic acids is 1. The van der Waals surface area contributed by atoms with Gasteiger partial charge in [0, 0.05) is 5.39 Å². The van der Waals surface area contributed by atoms with Crippen LogP contribution in [0.4, 0.5) is 0 Å². The number of carboxylic acid groups (broad SMARTS) is 1. The molecule has 0 atom stereocenters. The van der Waals surface area contributed by atoms with E-state index in [-0.39, 0.29) is 13.2 Å². The van der Waals surface area contributed by atoms with E-state index in [9.17, 15) is 4.79 Å². The molecule has 1 aromatic heterocycles. The molecule has 0 spiro atoms. The maximum absolute atomic E-state index is 10.6.